The van der Waals surface area contributed by atoms with Crippen molar-refractivity contribution >= 4 is 33.8 Å². The molecule has 1 aliphatic heterocycles. The molecule has 1 N–H and O–H groups in total. The minimum Gasteiger partial charge on any atom is -0.512 e. The Bertz CT molecular complexity index is 1150. The van der Waals surface area contributed by atoms with Crippen LogP contribution in [-0.4, -0.2) is 24.3 Å². The van der Waals surface area contributed by atoms with Crippen LogP contribution in [0.4, 0.5) is 0 Å². The van der Waals surface area contributed by atoms with Gasteiger partial charge in [-0.2, -0.15) is 0 Å². The van der Waals surface area contributed by atoms with Gasteiger partial charge in [0.2, 0.25) is 0 Å². The zero-order valence-corrected chi connectivity index (χ0v) is 14.9. The van der Waals surface area contributed by atoms with E-state index in [1.54, 1.807) is 12.1 Å². The first kappa shape index (κ1) is 17.1. The average molecular weight is 366 g/mol. The second kappa shape index (κ2) is 6.46. The molecule has 0 aliphatic carbocycles. The average Bonchev–Trinajstić information content (AvgIpc) is 2.60. The Hall–Kier alpha value is -3.28. The number of benzene rings is 2. The molecule has 1 aliphatic rings. The van der Waals surface area contributed by atoms with E-state index < -0.39 is 0 Å². The molecule has 27 heavy (non-hydrogen) atoms. The van der Waals surface area contributed by atoms with Gasteiger partial charge in [0.15, 0.2) is 5.43 Å². The smallest absolute Gasteiger partial charge is 0.309 e. The summed E-state index contributed by atoms with van der Waals surface area (Å²) in [6.07, 6.45) is 1.69. The Kier molecular flexibility index (Phi) is 4.11. The van der Waals surface area contributed by atoms with E-state index in [1.165, 1.54) is 26.2 Å². The van der Waals surface area contributed by atoms with Crippen LogP contribution in [-0.2, 0) is 16.0 Å². The Morgan fingerprint density at radius 2 is 2.15 bits per heavy atom. The summed E-state index contributed by atoms with van der Waals surface area (Å²) in [5, 5.41) is 11.6. The Labute approximate surface area is 154 Å². The summed E-state index contributed by atoms with van der Waals surface area (Å²) in [4.78, 5) is 24.2. The summed E-state index contributed by atoms with van der Waals surface area (Å²) in [6.45, 7) is 1.53. The number of fused-ring (bicyclic) bond motifs is 2. The molecule has 0 unspecified atom stereocenters. The van der Waals surface area contributed by atoms with Crippen LogP contribution in [0.25, 0.3) is 27.8 Å². The van der Waals surface area contributed by atoms with Gasteiger partial charge in [0, 0.05) is 18.6 Å². The summed E-state index contributed by atoms with van der Waals surface area (Å²) in [6, 6.07) is 8.65. The molecule has 2 aromatic carbocycles. The minimum absolute atomic E-state index is 0.0648. The third-order valence-electron chi connectivity index (χ3n) is 4.62. The number of allylic oxidation sites excluding steroid dienone is 1. The Morgan fingerprint density at radius 1 is 1.33 bits per heavy atom. The van der Waals surface area contributed by atoms with Crippen molar-refractivity contribution in [2.75, 3.05) is 7.11 Å². The van der Waals surface area contributed by atoms with Crippen LogP contribution >= 0.6 is 0 Å². The number of hydrogen-bond acceptors (Lipinski definition) is 6. The highest BCUT2D eigenvalue weighted by molar-refractivity contribution is 6.08. The minimum atomic E-state index is -0.379. The molecule has 0 radical (unpaired) electrons. The van der Waals surface area contributed by atoms with Crippen LogP contribution in [0.1, 0.15) is 24.7 Å². The van der Waals surface area contributed by atoms with Crippen molar-refractivity contribution in [1.82, 2.24) is 0 Å². The third-order valence-corrected chi connectivity index (χ3v) is 4.62. The normalized spacial score (nSPS) is 16.4. The molecule has 4 rings (SSSR count). The van der Waals surface area contributed by atoms with Crippen molar-refractivity contribution in [2.45, 2.75) is 25.9 Å². The van der Waals surface area contributed by atoms with E-state index in [0.717, 1.165) is 16.3 Å². The van der Waals surface area contributed by atoms with Crippen molar-refractivity contribution in [3.8, 4) is 5.75 Å². The number of aliphatic hydroxyl groups is 1. The summed E-state index contributed by atoms with van der Waals surface area (Å²) < 4.78 is 16.7. The molecule has 0 saturated carbocycles. The van der Waals surface area contributed by atoms with E-state index in [0.29, 0.717) is 28.9 Å². The Balaban J connectivity index is 2.01. The predicted molar refractivity (Wildman–Crippen MR) is 101 cm³/mol. The molecule has 2 heterocycles. The summed E-state index contributed by atoms with van der Waals surface area (Å²) >= 11 is 0. The fraction of sp³-hybridized carbons (Fsp3) is 0.238. The van der Waals surface area contributed by atoms with Crippen LogP contribution in [0.3, 0.4) is 0 Å². The molecule has 6 nitrogen and oxygen atoms in total. The van der Waals surface area contributed by atoms with E-state index >= 15 is 0 Å². The largest absolute Gasteiger partial charge is 0.512 e. The van der Waals surface area contributed by atoms with Crippen LogP contribution in [0.15, 0.2) is 45.3 Å². The van der Waals surface area contributed by atoms with Gasteiger partial charge in [0.25, 0.3) is 0 Å². The monoisotopic (exact) mass is 366 g/mol. The molecule has 0 fully saturated rings. The SMILES string of the molecule is COC(=O)C[C@H]1Cc2cc3cccc(=O)c3c3oc(C=C(C)O)cc(c23)O1. The van der Waals surface area contributed by atoms with E-state index in [9.17, 15) is 14.7 Å². The lowest BCUT2D eigenvalue weighted by Gasteiger charge is -2.26. The van der Waals surface area contributed by atoms with E-state index in [-0.39, 0.29) is 29.7 Å². The van der Waals surface area contributed by atoms with Crippen molar-refractivity contribution in [1.29, 1.82) is 0 Å². The van der Waals surface area contributed by atoms with Crippen molar-refractivity contribution in [3.05, 3.63) is 57.6 Å². The lowest BCUT2D eigenvalue weighted by Crippen LogP contribution is -2.27. The number of ether oxygens (including phenoxy) is 2. The zero-order chi connectivity index (χ0) is 19.1. The lowest BCUT2D eigenvalue weighted by molar-refractivity contribution is -0.142. The van der Waals surface area contributed by atoms with Crippen LogP contribution in [0, 0.1) is 0 Å². The second-order valence-electron chi connectivity index (χ2n) is 6.62. The summed E-state index contributed by atoms with van der Waals surface area (Å²) in [7, 11) is 1.34. The third kappa shape index (κ3) is 3.03. The molecular weight excluding hydrogens is 348 g/mol. The van der Waals surface area contributed by atoms with Crippen molar-refractivity contribution in [3.63, 3.8) is 0 Å². The van der Waals surface area contributed by atoms with Gasteiger partial charge in [-0.1, -0.05) is 12.1 Å². The fourth-order valence-electron chi connectivity index (χ4n) is 3.54. The Morgan fingerprint density at radius 3 is 2.89 bits per heavy atom. The van der Waals surface area contributed by atoms with E-state index in [2.05, 4.69) is 0 Å². The number of esters is 1. The first-order chi connectivity index (χ1) is 13.0. The highest BCUT2D eigenvalue weighted by Gasteiger charge is 2.27. The topological polar surface area (TPSA) is 86.0 Å². The van der Waals surface area contributed by atoms with Gasteiger partial charge in [0.1, 0.15) is 23.2 Å². The van der Waals surface area contributed by atoms with Gasteiger partial charge in [-0.15, -0.1) is 0 Å². The molecule has 1 aromatic heterocycles. The number of rotatable bonds is 3. The molecule has 1 atom stereocenters. The molecule has 0 amide bonds. The predicted octanol–water partition coefficient (Wildman–Crippen LogP) is 3.73. The van der Waals surface area contributed by atoms with Gasteiger partial charge >= 0.3 is 5.97 Å². The lowest BCUT2D eigenvalue weighted by atomic mass is 9.94. The molecule has 3 aromatic rings. The molecular formula is C21H18O6. The summed E-state index contributed by atoms with van der Waals surface area (Å²) in [5.74, 6) is 0.589. The highest BCUT2D eigenvalue weighted by atomic mass is 16.5. The quantitative estimate of drug-likeness (QED) is 0.432. The van der Waals surface area contributed by atoms with Crippen molar-refractivity contribution < 1.29 is 23.8 Å². The number of methoxy groups -OCH3 is 1. The maximum atomic E-state index is 12.5. The van der Waals surface area contributed by atoms with Gasteiger partial charge < -0.3 is 19.0 Å². The number of carbonyl (C=O) groups is 1. The second-order valence-corrected chi connectivity index (χ2v) is 6.62. The molecule has 0 bridgehead atoms. The number of aliphatic hydroxyl groups excluding tert-OH is 1. The van der Waals surface area contributed by atoms with Gasteiger partial charge in [0.05, 0.1) is 30.1 Å². The fourth-order valence-corrected chi connectivity index (χ4v) is 3.54. The first-order valence-corrected chi connectivity index (χ1v) is 8.59. The standard InChI is InChI=1S/C21H18O6/c1-11(22)6-14-9-17-20-13(8-15(26-17)10-18(24)25-2)7-12-4-3-5-16(23)19(12)21(20)27-14/h3-7,9,15,22H,8,10H2,1-2H3/t15-/m1/s1. The van der Waals surface area contributed by atoms with E-state index in [4.69, 9.17) is 13.9 Å². The van der Waals surface area contributed by atoms with Crippen LogP contribution in [0.5, 0.6) is 5.75 Å². The van der Waals surface area contributed by atoms with E-state index in [1.807, 2.05) is 12.1 Å². The number of carbonyl (C=O) groups excluding carboxylic acids is 1. The summed E-state index contributed by atoms with van der Waals surface area (Å²) in [5.41, 5.74) is 1.22. The van der Waals surface area contributed by atoms with Crippen LogP contribution < -0.4 is 10.2 Å². The highest BCUT2D eigenvalue weighted by Crippen LogP contribution is 2.40. The molecule has 138 valence electrons. The van der Waals surface area contributed by atoms with Crippen molar-refractivity contribution in [2.24, 2.45) is 0 Å². The first-order valence-electron chi connectivity index (χ1n) is 8.59. The zero-order valence-electron chi connectivity index (χ0n) is 14.9. The molecule has 6 heteroatoms. The molecule has 0 saturated heterocycles. The molecule has 0 spiro atoms. The van der Waals surface area contributed by atoms with Gasteiger partial charge in [-0.25, -0.2) is 0 Å². The maximum absolute atomic E-state index is 12.5. The van der Waals surface area contributed by atoms with Gasteiger partial charge in [-0.3, -0.25) is 9.59 Å². The van der Waals surface area contributed by atoms with Crippen LogP contribution in [0.2, 0.25) is 0 Å². The maximum Gasteiger partial charge on any atom is 0.309 e. The number of hydrogen-bond donors (Lipinski definition) is 1. The van der Waals surface area contributed by atoms with Gasteiger partial charge in [-0.05, 0) is 30.0 Å².